The van der Waals surface area contributed by atoms with Crippen LogP contribution in [0, 0.1) is 6.92 Å². The van der Waals surface area contributed by atoms with Crippen LogP contribution in [0.4, 0.5) is 0 Å². The second-order valence-corrected chi connectivity index (χ2v) is 6.34. The lowest BCUT2D eigenvalue weighted by Gasteiger charge is -2.26. The van der Waals surface area contributed by atoms with Crippen molar-refractivity contribution >= 4 is 11.3 Å². The van der Waals surface area contributed by atoms with E-state index in [-0.39, 0.29) is 0 Å². The van der Waals surface area contributed by atoms with Crippen molar-refractivity contribution in [2.75, 3.05) is 26.3 Å². The van der Waals surface area contributed by atoms with Crippen molar-refractivity contribution in [2.24, 2.45) is 0 Å². The highest BCUT2D eigenvalue weighted by Gasteiger charge is 2.21. The molecule has 1 rings (SSSR count). The van der Waals surface area contributed by atoms with Crippen molar-refractivity contribution in [1.82, 2.24) is 10.3 Å². The highest BCUT2D eigenvalue weighted by molar-refractivity contribution is 7.09. The monoisotopic (exact) mass is 316 g/mol. The van der Waals surface area contributed by atoms with Gasteiger partial charge in [-0.3, -0.25) is 0 Å². The van der Waals surface area contributed by atoms with Gasteiger partial charge in [-0.25, -0.2) is 4.98 Å². The molecule has 0 aromatic carbocycles. The van der Waals surface area contributed by atoms with E-state index >= 15 is 0 Å². The molecular weight excluding hydrogens is 288 g/mol. The van der Waals surface area contributed by atoms with Crippen LogP contribution < -0.4 is 5.32 Å². The van der Waals surface area contributed by atoms with Gasteiger partial charge in [0.25, 0.3) is 0 Å². The van der Waals surface area contributed by atoms with Crippen molar-refractivity contribution in [3.63, 3.8) is 0 Å². The van der Waals surface area contributed by atoms with Crippen molar-refractivity contribution in [3.05, 3.63) is 16.1 Å². The molecule has 122 valence electrons. The maximum atomic E-state index is 10.1. The molecule has 1 unspecified atom stereocenters. The fraction of sp³-hybridized carbons (Fsp3) is 0.800. The van der Waals surface area contributed by atoms with Crippen LogP contribution in [0.1, 0.15) is 37.3 Å². The van der Waals surface area contributed by atoms with Crippen molar-refractivity contribution in [2.45, 2.75) is 51.7 Å². The summed E-state index contributed by atoms with van der Waals surface area (Å²) in [6, 6.07) is 0. The molecule has 0 bridgehead atoms. The topological polar surface area (TPSA) is 74.6 Å². The summed E-state index contributed by atoms with van der Waals surface area (Å²) in [6.07, 6.45) is 1.70. The minimum Gasteiger partial charge on any atom is -0.389 e. The summed E-state index contributed by atoms with van der Waals surface area (Å²) in [4.78, 5) is 5.42. The molecule has 0 fully saturated rings. The van der Waals surface area contributed by atoms with E-state index < -0.39 is 11.7 Å². The number of aryl methyl sites for hydroxylation is 1. The molecule has 1 atom stereocenters. The zero-order chi connectivity index (χ0) is 15.7. The zero-order valence-electron chi connectivity index (χ0n) is 13.3. The number of aromatic nitrogens is 1. The van der Waals surface area contributed by atoms with Gasteiger partial charge in [0.1, 0.15) is 0 Å². The van der Waals surface area contributed by atoms with E-state index in [4.69, 9.17) is 4.74 Å². The summed E-state index contributed by atoms with van der Waals surface area (Å²) in [7, 11) is 0. The predicted molar refractivity (Wildman–Crippen MR) is 85.8 cm³/mol. The van der Waals surface area contributed by atoms with Crippen LogP contribution in [-0.2, 0) is 11.2 Å². The van der Waals surface area contributed by atoms with Gasteiger partial charge in [-0.05, 0) is 19.8 Å². The van der Waals surface area contributed by atoms with Crippen LogP contribution in [-0.4, -0.2) is 53.2 Å². The summed E-state index contributed by atoms with van der Waals surface area (Å²) < 4.78 is 5.49. The number of hydrogen-bond acceptors (Lipinski definition) is 6. The number of nitrogens with zero attached hydrogens (tertiary/aromatic N) is 1. The molecule has 0 aliphatic rings. The maximum absolute atomic E-state index is 10.1. The van der Waals surface area contributed by atoms with Gasteiger partial charge in [-0.1, -0.05) is 13.8 Å². The Labute approximate surface area is 131 Å². The average Bonchev–Trinajstić information content (AvgIpc) is 2.89. The Kier molecular flexibility index (Phi) is 8.36. The van der Waals surface area contributed by atoms with Crippen LogP contribution in [0.3, 0.4) is 0 Å². The highest BCUT2D eigenvalue weighted by Crippen LogP contribution is 2.13. The van der Waals surface area contributed by atoms with Crippen LogP contribution >= 0.6 is 11.3 Å². The van der Waals surface area contributed by atoms with Crippen molar-refractivity contribution < 1.29 is 14.9 Å². The van der Waals surface area contributed by atoms with Crippen LogP contribution in [0.2, 0.25) is 0 Å². The molecule has 3 N–H and O–H groups in total. The van der Waals surface area contributed by atoms with E-state index in [2.05, 4.69) is 10.3 Å². The third kappa shape index (κ3) is 6.84. The predicted octanol–water partition coefficient (Wildman–Crippen LogP) is 1.51. The molecule has 6 heteroatoms. The molecule has 0 saturated carbocycles. The number of ether oxygens (including phenoxy) is 1. The highest BCUT2D eigenvalue weighted by atomic mass is 32.1. The Balaban J connectivity index is 2.09. The van der Waals surface area contributed by atoms with E-state index in [1.54, 1.807) is 11.3 Å². The van der Waals surface area contributed by atoms with Crippen molar-refractivity contribution in [3.8, 4) is 0 Å². The molecule has 0 aliphatic heterocycles. The second kappa shape index (κ2) is 9.48. The minimum atomic E-state index is -0.676. The van der Waals surface area contributed by atoms with Gasteiger partial charge >= 0.3 is 0 Å². The van der Waals surface area contributed by atoms with Crippen LogP contribution in [0.25, 0.3) is 0 Å². The van der Waals surface area contributed by atoms with Gasteiger partial charge in [-0.15, -0.1) is 11.3 Å². The largest absolute Gasteiger partial charge is 0.389 e. The lowest BCUT2D eigenvalue weighted by Crippen LogP contribution is -2.42. The molecule has 0 saturated heterocycles. The van der Waals surface area contributed by atoms with E-state index in [9.17, 15) is 10.2 Å². The standard InChI is InChI=1S/C15H28N2O3S/c1-4-15(19,5-2)10-16-8-13(18)9-20-7-6-14-12(3)17-11-21-14/h11,13,16,18-19H,4-10H2,1-3H3. The first-order chi connectivity index (χ1) is 10.0. The maximum Gasteiger partial charge on any atom is 0.0897 e. The molecule has 0 radical (unpaired) electrons. The summed E-state index contributed by atoms with van der Waals surface area (Å²) in [5, 5.41) is 23.0. The van der Waals surface area contributed by atoms with Gasteiger partial charge in [0, 0.05) is 24.4 Å². The lowest BCUT2D eigenvalue weighted by molar-refractivity contribution is 0.0169. The molecular formula is C15H28N2O3S. The summed E-state index contributed by atoms with van der Waals surface area (Å²) in [6.45, 7) is 7.75. The fourth-order valence-corrected chi connectivity index (χ4v) is 2.74. The lowest BCUT2D eigenvalue weighted by atomic mass is 9.97. The summed E-state index contributed by atoms with van der Waals surface area (Å²) >= 11 is 1.64. The Bertz CT molecular complexity index is 394. The first-order valence-electron chi connectivity index (χ1n) is 7.58. The van der Waals surface area contributed by atoms with Gasteiger partial charge in [0.05, 0.1) is 36.1 Å². The third-order valence-corrected chi connectivity index (χ3v) is 4.77. The number of rotatable bonds is 11. The Hall–Kier alpha value is -0.530. The van der Waals surface area contributed by atoms with E-state index in [1.165, 1.54) is 4.88 Å². The van der Waals surface area contributed by atoms with Gasteiger partial charge < -0.3 is 20.3 Å². The number of nitrogens with one attached hydrogen (secondary N) is 1. The number of aliphatic hydroxyl groups is 2. The normalized spacial score (nSPS) is 13.6. The smallest absolute Gasteiger partial charge is 0.0897 e. The Morgan fingerprint density at radius 3 is 2.71 bits per heavy atom. The van der Waals surface area contributed by atoms with E-state index in [0.717, 1.165) is 12.1 Å². The zero-order valence-corrected chi connectivity index (χ0v) is 14.1. The molecule has 0 spiro atoms. The Morgan fingerprint density at radius 1 is 1.43 bits per heavy atom. The third-order valence-electron chi connectivity index (χ3n) is 3.78. The van der Waals surface area contributed by atoms with E-state index in [1.807, 2.05) is 26.3 Å². The summed E-state index contributed by atoms with van der Waals surface area (Å²) in [5.41, 5.74) is 2.22. The first-order valence-corrected chi connectivity index (χ1v) is 8.46. The van der Waals surface area contributed by atoms with Crippen LogP contribution in [0.15, 0.2) is 5.51 Å². The number of hydrogen-bond donors (Lipinski definition) is 3. The average molecular weight is 316 g/mol. The fourth-order valence-electron chi connectivity index (χ4n) is 1.98. The quantitative estimate of drug-likeness (QED) is 0.540. The molecule has 1 aromatic rings. The number of aliphatic hydroxyl groups excluding tert-OH is 1. The van der Waals surface area contributed by atoms with Crippen molar-refractivity contribution in [1.29, 1.82) is 0 Å². The minimum absolute atomic E-state index is 0.307. The van der Waals surface area contributed by atoms with Gasteiger partial charge in [-0.2, -0.15) is 0 Å². The second-order valence-electron chi connectivity index (χ2n) is 5.40. The molecule has 0 amide bonds. The molecule has 21 heavy (non-hydrogen) atoms. The molecule has 1 heterocycles. The molecule has 0 aliphatic carbocycles. The van der Waals surface area contributed by atoms with Gasteiger partial charge in [0.2, 0.25) is 0 Å². The summed E-state index contributed by atoms with van der Waals surface area (Å²) in [5.74, 6) is 0. The number of thiazole rings is 1. The first kappa shape index (κ1) is 18.5. The SMILES string of the molecule is CCC(O)(CC)CNCC(O)COCCc1scnc1C. The molecule has 1 aromatic heterocycles. The molecule has 5 nitrogen and oxygen atoms in total. The van der Waals surface area contributed by atoms with E-state index in [0.29, 0.717) is 39.1 Å². The Morgan fingerprint density at radius 2 is 2.14 bits per heavy atom. The van der Waals surface area contributed by atoms with Crippen LogP contribution in [0.5, 0.6) is 0 Å². The van der Waals surface area contributed by atoms with Gasteiger partial charge in [0.15, 0.2) is 0 Å².